The summed E-state index contributed by atoms with van der Waals surface area (Å²) in [6.45, 7) is 1.89. The van der Waals surface area contributed by atoms with Gasteiger partial charge in [-0.2, -0.15) is 5.10 Å². The van der Waals surface area contributed by atoms with E-state index in [0.29, 0.717) is 5.76 Å². The van der Waals surface area contributed by atoms with Crippen LogP contribution in [0.15, 0.2) is 57.2 Å². The van der Waals surface area contributed by atoms with Crippen molar-refractivity contribution in [2.24, 2.45) is 10.1 Å². The van der Waals surface area contributed by atoms with Gasteiger partial charge in [0, 0.05) is 5.56 Å². The fourth-order valence-corrected chi connectivity index (χ4v) is 2.04. The van der Waals surface area contributed by atoms with Gasteiger partial charge >= 0.3 is 6.03 Å². The first-order valence-electron chi connectivity index (χ1n) is 6.54. The number of benzene rings is 1. The van der Waals surface area contributed by atoms with Gasteiger partial charge in [0.25, 0.3) is 0 Å². The normalized spacial score (nSPS) is 18.2. The number of carbonyl (C=O) groups excluding carboxylic acids is 1. The number of nitrogens with one attached hydrogen (secondary N) is 2. The van der Waals surface area contributed by atoms with Crippen molar-refractivity contribution in [3.63, 3.8) is 0 Å². The smallest absolute Gasteiger partial charge is 0.335 e. The zero-order valence-electron chi connectivity index (χ0n) is 11.4. The van der Waals surface area contributed by atoms with Crippen molar-refractivity contribution in [1.82, 2.24) is 10.7 Å². The van der Waals surface area contributed by atoms with Gasteiger partial charge in [-0.3, -0.25) is 4.99 Å². The Hall–Kier alpha value is -2.89. The van der Waals surface area contributed by atoms with Crippen LogP contribution in [0.25, 0.3) is 0 Å². The molecule has 1 aromatic heterocycles. The Kier molecular flexibility index (Phi) is 3.51. The quantitative estimate of drug-likeness (QED) is 0.848. The molecule has 0 saturated heterocycles. The number of furan rings is 1. The molecular weight excluding hydrogens is 268 g/mol. The number of amides is 2. The molecule has 6 heteroatoms. The number of carbonyl (C=O) groups is 1. The highest BCUT2D eigenvalue weighted by Gasteiger charge is 2.19. The molecule has 0 bridgehead atoms. The number of hydrogen-bond acceptors (Lipinski definition) is 4. The summed E-state index contributed by atoms with van der Waals surface area (Å²) in [5.74, 6) is 0.705. The Labute approximate surface area is 121 Å². The van der Waals surface area contributed by atoms with Crippen molar-refractivity contribution < 1.29 is 9.21 Å². The SMILES string of the molecule is CC1NC(=O)NN=C1c1ccc(N=Cc2ccco2)cc1. The van der Waals surface area contributed by atoms with Crippen LogP contribution < -0.4 is 10.7 Å². The van der Waals surface area contributed by atoms with Crippen LogP contribution in [0, 0.1) is 0 Å². The van der Waals surface area contributed by atoms with Gasteiger partial charge in [-0.05, 0) is 31.2 Å². The largest absolute Gasteiger partial charge is 0.463 e. The molecule has 2 aromatic rings. The monoisotopic (exact) mass is 282 g/mol. The lowest BCUT2D eigenvalue weighted by Crippen LogP contribution is -2.48. The minimum Gasteiger partial charge on any atom is -0.463 e. The lowest BCUT2D eigenvalue weighted by molar-refractivity contribution is 0.239. The number of aliphatic imine (C=N–C) groups is 1. The second kappa shape index (κ2) is 5.62. The topological polar surface area (TPSA) is 79.0 Å². The minimum absolute atomic E-state index is 0.128. The summed E-state index contributed by atoms with van der Waals surface area (Å²) in [4.78, 5) is 15.5. The predicted octanol–water partition coefficient (Wildman–Crippen LogP) is 2.44. The van der Waals surface area contributed by atoms with E-state index < -0.39 is 0 Å². The van der Waals surface area contributed by atoms with E-state index in [-0.39, 0.29) is 12.1 Å². The Balaban J connectivity index is 1.77. The van der Waals surface area contributed by atoms with Crippen LogP contribution in [-0.2, 0) is 0 Å². The first-order valence-corrected chi connectivity index (χ1v) is 6.54. The predicted molar refractivity (Wildman–Crippen MR) is 80.1 cm³/mol. The number of urea groups is 1. The van der Waals surface area contributed by atoms with Crippen molar-refractivity contribution in [3.05, 3.63) is 54.0 Å². The molecule has 6 nitrogen and oxygen atoms in total. The lowest BCUT2D eigenvalue weighted by atomic mass is 10.0. The van der Waals surface area contributed by atoms with Crippen LogP contribution in [0.5, 0.6) is 0 Å². The number of hydrogen-bond donors (Lipinski definition) is 2. The maximum Gasteiger partial charge on any atom is 0.335 e. The molecule has 1 atom stereocenters. The van der Waals surface area contributed by atoms with Gasteiger partial charge in [-0.15, -0.1) is 0 Å². The molecule has 0 fully saturated rings. The Morgan fingerprint density at radius 2 is 2.10 bits per heavy atom. The highest BCUT2D eigenvalue weighted by molar-refractivity contribution is 6.07. The highest BCUT2D eigenvalue weighted by Crippen LogP contribution is 2.15. The molecule has 21 heavy (non-hydrogen) atoms. The van der Waals surface area contributed by atoms with Gasteiger partial charge < -0.3 is 9.73 Å². The van der Waals surface area contributed by atoms with Gasteiger partial charge in [-0.1, -0.05) is 12.1 Å². The summed E-state index contributed by atoms with van der Waals surface area (Å²) in [5, 5.41) is 6.84. The maximum absolute atomic E-state index is 11.1. The molecule has 1 unspecified atom stereocenters. The zero-order chi connectivity index (χ0) is 14.7. The number of nitrogens with zero attached hydrogens (tertiary/aromatic N) is 2. The van der Waals surface area contributed by atoms with Gasteiger partial charge in [-0.25, -0.2) is 10.2 Å². The molecule has 0 spiro atoms. The van der Waals surface area contributed by atoms with Gasteiger partial charge in [0.05, 0.1) is 29.9 Å². The standard InChI is InChI=1S/C15H14N4O2/c1-10-14(18-19-15(20)17-10)11-4-6-12(7-5-11)16-9-13-3-2-8-21-13/h2-10H,1H3,(H2,17,19,20). The van der Waals surface area contributed by atoms with E-state index in [9.17, 15) is 4.79 Å². The molecule has 1 aromatic carbocycles. The van der Waals surface area contributed by atoms with Crippen molar-refractivity contribution in [1.29, 1.82) is 0 Å². The lowest BCUT2D eigenvalue weighted by Gasteiger charge is -2.21. The van der Waals surface area contributed by atoms with Crippen LogP contribution >= 0.6 is 0 Å². The van der Waals surface area contributed by atoms with Gasteiger partial charge in [0.15, 0.2) is 0 Å². The van der Waals surface area contributed by atoms with Crippen molar-refractivity contribution in [2.45, 2.75) is 13.0 Å². The third-order valence-electron chi connectivity index (χ3n) is 3.08. The van der Waals surface area contributed by atoms with Crippen molar-refractivity contribution in [2.75, 3.05) is 0 Å². The molecule has 1 aliphatic heterocycles. The van der Waals surface area contributed by atoms with E-state index in [0.717, 1.165) is 17.0 Å². The van der Waals surface area contributed by atoms with Crippen LogP contribution in [0.3, 0.4) is 0 Å². The maximum atomic E-state index is 11.1. The van der Waals surface area contributed by atoms with Gasteiger partial charge in [0.1, 0.15) is 5.76 Å². The summed E-state index contributed by atoms with van der Waals surface area (Å²) in [6.07, 6.45) is 3.27. The summed E-state index contributed by atoms with van der Waals surface area (Å²) >= 11 is 0. The van der Waals surface area contributed by atoms with Crippen molar-refractivity contribution in [3.8, 4) is 0 Å². The van der Waals surface area contributed by atoms with Gasteiger partial charge in [0.2, 0.25) is 0 Å². The molecule has 1 aliphatic rings. The van der Waals surface area contributed by atoms with E-state index >= 15 is 0 Å². The fourth-order valence-electron chi connectivity index (χ4n) is 2.04. The van der Waals surface area contributed by atoms with Crippen LogP contribution in [-0.4, -0.2) is 24.0 Å². The molecule has 0 aliphatic carbocycles. The van der Waals surface area contributed by atoms with Crippen LogP contribution in [0.4, 0.5) is 10.5 Å². The Morgan fingerprint density at radius 3 is 2.76 bits per heavy atom. The first kappa shape index (κ1) is 13.1. The molecule has 106 valence electrons. The summed E-state index contributed by atoms with van der Waals surface area (Å²) in [7, 11) is 0. The molecule has 2 amide bonds. The van der Waals surface area contributed by atoms with E-state index in [1.54, 1.807) is 12.5 Å². The van der Waals surface area contributed by atoms with Crippen molar-refractivity contribution >= 4 is 23.6 Å². The van der Waals surface area contributed by atoms with Crippen LogP contribution in [0.1, 0.15) is 18.2 Å². The molecule has 0 saturated carbocycles. The molecule has 2 heterocycles. The summed E-state index contributed by atoms with van der Waals surface area (Å²) in [6, 6.07) is 10.9. The highest BCUT2D eigenvalue weighted by atomic mass is 16.3. The summed E-state index contributed by atoms with van der Waals surface area (Å²) < 4.78 is 5.18. The van der Waals surface area contributed by atoms with Crippen LogP contribution in [0.2, 0.25) is 0 Å². The second-order valence-corrected chi connectivity index (χ2v) is 4.62. The zero-order valence-corrected chi connectivity index (χ0v) is 11.4. The third kappa shape index (κ3) is 3.00. The van der Waals surface area contributed by atoms with E-state index in [1.165, 1.54) is 0 Å². The molecule has 2 N–H and O–H groups in total. The van der Waals surface area contributed by atoms with E-state index in [4.69, 9.17) is 4.42 Å². The Bertz CT molecular complexity index is 687. The fraction of sp³-hybridized carbons (Fsp3) is 0.133. The van der Waals surface area contributed by atoms with E-state index in [2.05, 4.69) is 20.8 Å². The number of rotatable bonds is 3. The first-order chi connectivity index (χ1) is 10.2. The molecule has 0 radical (unpaired) electrons. The average molecular weight is 282 g/mol. The number of hydrazone groups is 1. The summed E-state index contributed by atoms with van der Waals surface area (Å²) in [5.41, 5.74) is 4.96. The average Bonchev–Trinajstić information content (AvgIpc) is 2.99. The third-order valence-corrected chi connectivity index (χ3v) is 3.08. The van der Waals surface area contributed by atoms with E-state index in [1.807, 2.05) is 43.3 Å². The molecule has 3 rings (SSSR count). The Morgan fingerprint density at radius 1 is 1.29 bits per heavy atom. The second-order valence-electron chi connectivity index (χ2n) is 4.62. The minimum atomic E-state index is -0.286. The molecular formula is C15H14N4O2.